The maximum absolute atomic E-state index is 10.8. The zero-order chi connectivity index (χ0) is 10.0. The predicted molar refractivity (Wildman–Crippen MR) is 48.7 cm³/mol. The summed E-state index contributed by atoms with van der Waals surface area (Å²) >= 11 is 0. The van der Waals surface area contributed by atoms with Crippen LogP contribution in [0.4, 0.5) is 0 Å². The molecule has 72 valence electrons. The zero-order valence-electron chi connectivity index (χ0n) is 8.11. The van der Waals surface area contributed by atoms with Crippen LogP contribution in [0, 0.1) is 5.92 Å². The number of aryl methyl sites for hydroxylation is 1. The van der Waals surface area contributed by atoms with Gasteiger partial charge in [-0.25, -0.2) is 4.79 Å². The van der Waals surface area contributed by atoms with Crippen LogP contribution in [0.5, 0.6) is 0 Å². The Hall–Kier alpha value is -1.32. The number of rotatable bonds is 3. The molecule has 0 unspecified atom stereocenters. The lowest BCUT2D eigenvalue weighted by molar-refractivity contribution is 0.0683. The molecule has 0 spiro atoms. The van der Waals surface area contributed by atoms with Gasteiger partial charge >= 0.3 is 5.97 Å². The lowest BCUT2D eigenvalue weighted by Gasteiger charge is -2.03. The van der Waals surface area contributed by atoms with E-state index in [1.54, 1.807) is 13.2 Å². The molecule has 1 aromatic heterocycles. The van der Waals surface area contributed by atoms with E-state index in [4.69, 9.17) is 5.11 Å². The van der Waals surface area contributed by atoms with E-state index < -0.39 is 5.97 Å². The third-order valence-electron chi connectivity index (χ3n) is 1.85. The summed E-state index contributed by atoms with van der Waals surface area (Å²) in [7, 11) is 1.65. The molecule has 1 heterocycles. The number of carboxylic acid groups (broad SMARTS) is 1. The first-order chi connectivity index (χ1) is 6.02. The fourth-order valence-electron chi connectivity index (χ4n) is 1.35. The summed E-state index contributed by atoms with van der Waals surface area (Å²) in [5.74, 6) is -0.460. The van der Waals surface area contributed by atoms with Crippen molar-refractivity contribution in [3.63, 3.8) is 0 Å². The summed E-state index contributed by atoms with van der Waals surface area (Å²) in [6.07, 6.45) is 2.39. The number of aromatic carboxylic acids is 1. The minimum Gasteiger partial charge on any atom is -0.477 e. The molecule has 0 aliphatic heterocycles. The fourth-order valence-corrected chi connectivity index (χ4v) is 1.35. The van der Waals surface area contributed by atoms with Crippen LogP contribution in [0.1, 0.15) is 29.9 Å². The summed E-state index contributed by atoms with van der Waals surface area (Å²) in [6, 6.07) is 0. The van der Waals surface area contributed by atoms with Crippen molar-refractivity contribution in [2.45, 2.75) is 20.3 Å². The van der Waals surface area contributed by atoms with E-state index in [1.165, 1.54) is 4.68 Å². The SMILES string of the molecule is CC(C)Cc1cnn(C)c1C(=O)O. The summed E-state index contributed by atoms with van der Waals surface area (Å²) in [6.45, 7) is 4.11. The quantitative estimate of drug-likeness (QED) is 0.767. The molecular weight excluding hydrogens is 168 g/mol. The monoisotopic (exact) mass is 182 g/mol. The Morgan fingerprint density at radius 3 is 2.77 bits per heavy atom. The molecule has 0 bridgehead atoms. The van der Waals surface area contributed by atoms with Gasteiger partial charge in [0.1, 0.15) is 5.69 Å². The van der Waals surface area contributed by atoms with E-state index in [2.05, 4.69) is 18.9 Å². The second-order valence-electron chi connectivity index (χ2n) is 3.55. The van der Waals surface area contributed by atoms with Crippen molar-refractivity contribution in [1.82, 2.24) is 9.78 Å². The third-order valence-corrected chi connectivity index (χ3v) is 1.85. The molecule has 0 aliphatic carbocycles. The van der Waals surface area contributed by atoms with E-state index in [0.29, 0.717) is 11.6 Å². The van der Waals surface area contributed by atoms with E-state index in [9.17, 15) is 4.79 Å². The van der Waals surface area contributed by atoms with Crippen molar-refractivity contribution in [3.05, 3.63) is 17.5 Å². The molecule has 0 aromatic carbocycles. The highest BCUT2D eigenvalue weighted by Crippen LogP contribution is 2.12. The first kappa shape index (κ1) is 9.77. The second-order valence-corrected chi connectivity index (χ2v) is 3.55. The van der Waals surface area contributed by atoms with Crippen molar-refractivity contribution in [1.29, 1.82) is 0 Å². The van der Waals surface area contributed by atoms with Crippen LogP contribution in [0.3, 0.4) is 0 Å². The molecule has 4 heteroatoms. The fraction of sp³-hybridized carbons (Fsp3) is 0.556. The lowest BCUT2D eigenvalue weighted by atomic mass is 10.0. The van der Waals surface area contributed by atoms with Crippen LogP contribution < -0.4 is 0 Å². The highest BCUT2D eigenvalue weighted by molar-refractivity contribution is 5.87. The highest BCUT2D eigenvalue weighted by Gasteiger charge is 2.15. The van der Waals surface area contributed by atoms with E-state index in [1.807, 2.05) is 0 Å². The molecule has 0 saturated carbocycles. The minimum absolute atomic E-state index is 0.300. The third kappa shape index (κ3) is 2.08. The molecule has 4 nitrogen and oxygen atoms in total. The summed E-state index contributed by atoms with van der Waals surface area (Å²) < 4.78 is 1.40. The van der Waals surface area contributed by atoms with Gasteiger partial charge in [0.15, 0.2) is 0 Å². The average Bonchev–Trinajstić information content (AvgIpc) is 2.30. The van der Waals surface area contributed by atoms with Gasteiger partial charge in [0.2, 0.25) is 0 Å². The minimum atomic E-state index is -0.907. The van der Waals surface area contributed by atoms with Crippen LogP contribution in [0.2, 0.25) is 0 Å². The molecule has 1 aromatic rings. The van der Waals surface area contributed by atoms with Crippen molar-refractivity contribution in [2.75, 3.05) is 0 Å². The molecule has 1 rings (SSSR count). The van der Waals surface area contributed by atoms with Crippen LogP contribution in [0.15, 0.2) is 6.20 Å². The smallest absolute Gasteiger partial charge is 0.354 e. The topological polar surface area (TPSA) is 55.1 Å². The van der Waals surface area contributed by atoms with Gasteiger partial charge < -0.3 is 5.11 Å². The Morgan fingerprint density at radius 1 is 1.69 bits per heavy atom. The van der Waals surface area contributed by atoms with E-state index >= 15 is 0 Å². The maximum atomic E-state index is 10.8. The number of carbonyl (C=O) groups is 1. The Balaban J connectivity index is 3.00. The van der Waals surface area contributed by atoms with Crippen LogP contribution in [-0.4, -0.2) is 20.9 Å². The van der Waals surface area contributed by atoms with Gasteiger partial charge in [-0.3, -0.25) is 4.68 Å². The molecule has 0 atom stereocenters. The highest BCUT2D eigenvalue weighted by atomic mass is 16.4. The van der Waals surface area contributed by atoms with Gasteiger partial charge in [-0.2, -0.15) is 5.10 Å². The lowest BCUT2D eigenvalue weighted by Crippen LogP contribution is -2.09. The van der Waals surface area contributed by atoms with Crippen molar-refractivity contribution in [3.8, 4) is 0 Å². The van der Waals surface area contributed by atoms with Gasteiger partial charge in [-0.05, 0) is 12.3 Å². The molecule has 0 saturated heterocycles. The van der Waals surface area contributed by atoms with Gasteiger partial charge in [0.25, 0.3) is 0 Å². The Kier molecular flexibility index (Phi) is 2.70. The van der Waals surface area contributed by atoms with E-state index in [-0.39, 0.29) is 0 Å². The Labute approximate surface area is 77.2 Å². The molecule has 0 fully saturated rings. The van der Waals surface area contributed by atoms with Gasteiger partial charge in [-0.1, -0.05) is 13.8 Å². The zero-order valence-corrected chi connectivity index (χ0v) is 8.11. The molecular formula is C9H14N2O2. The predicted octanol–water partition coefficient (Wildman–Crippen LogP) is 1.32. The standard InChI is InChI=1S/C9H14N2O2/c1-6(2)4-7-5-10-11(3)8(7)9(12)13/h5-6H,4H2,1-3H3,(H,12,13). The number of nitrogens with zero attached hydrogens (tertiary/aromatic N) is 2. The average molecular weight is 182 g/mol. The van der Waals surface area contributed by atoms with Crippen LogP contribution >= 0.6 is 0 Å². The number of aromatic nitrogens is 2. The first-order valence-electron chi connectivity index (χ1n) is 4.26. The van der Waals surface area contributed by atoms with Crippen molar-refractivity contribution < 1.29 is 9.90 Å². The molecule has 13 heavy (non-hydrogen) atoms. The van der Waals surface area contributed by atoms with Crippen LogP contribution in [0.25, 0.3) is 0 Å². The van der Waals surface area contributed by atoms with Gasteiger partial charge in [-0.15, -0.1) is 0 Å². The molecule has 0 aliphatic rings. The molecule has 1 N–H and O–H groups in total. The normalized spacial score (nSPS) is 10.8. The molecule has 0 amide bonds. The Morgan fingerprint density at radius 2 is 2.31 bits per heavy atom. The number of hydrogen-bond acceptors (Lipinski definition) is 2. The largest absolute Gasteiger partial charge is 0.477 e. The van der Waals surface area contributed by atoms with E-state index in [0.717, 1.165) is 12.0 Å². The van der Waals surface area contributed by atoms with Gasteiger partial charge in [0.05, 0.1) is 6.20 Å². The summed E-state index contributed by atoms with van der Waals surface area (Å²) in [5.41, 5.74) is 1.11. The summed E-state index contributed by atoms with van der Waals surface area (Å²) in [4.78, 5) is 10.8. The maximum Gasteiger partial charge on any atom is 0.354 e. The number of hydrogen-bond donors (Lipinski definition) is 1. The Bertz CT molecular complexity index is 315. The van der Waals surface area contributed by atoms with Crippen molar-refractivity contribution >= 4 is 5.97 Å². The van der Waals surface area contributed by atoms with Gasteiger partial charge in [0, 0.05) is 12.6 Å². The summed E-state index contributed by atoms with van der Waals surface area (Å²) in [5, 5.41) is 12.8. The molecule has 0 radical (unpaired) electrons. The first-order valence-corrected chi connectivity index (χ1v) is 4.26. The van der Waals surface area contributed by atoms with Crippen LogP contribution in [-0.2, 0) is 13.5 Å². The number of carboxylic acids is 1. The van der Waals surface area contributed by atoms with Crippen molar-refractivity contribution in [2.24, 2.45) is 13.0 Å². The second kappa shape index (κ2) is 3.60.